The molecule has 0 amide bonds. The van der Waals surface area contributed by atoms with Crippen LogP contribution in [0.3, 0.4) is 0 Å². The number of H-pyrrole nitrogens is 1. The number of halogens is 3. The first kappa shape index (κ1) is 17.2. The van der Waals surface area contributed by atoms with Crippen molar-refractivity contribution in [3.05, 3.63) is 69.1 Å². The summed E-state index contributed by atoms with van der Waals surface area (Å²) in [5.74, 6) is -0.277. The number of rotatable bonds is 4. The van der Waals surface area contributed by atoms with Crippen molar-refractivity contribution in [2.45, 2.75) is 6.36 Å². The van der Waals surface area contributed by atoms with Gasteiger partial charge in [-0.25, -0.2) is 4.79 Å². The molecule has 2 aromatic carbocycles. The Hall–Kier alpha value is -3.63. The van der Waals surface area contributed by atoms with E-state index in [-0.39, 0.29) is 17.2 Å². The van der Waals surface area contributed by atoms with Crippen LogP contribution in [0.1, 0.15) is 0 Å². The number of alkyl halides is 3. The Morgan fingerprint density at radius 1 is 1.08 bits per heavy atom. The van der Waals surface area contributed by atoms with Crippen LogP contribution in [0.2, 0.25) is 0 Å². The zero-order valence-corrected chi connectivity index (χ0v) is 12.7. The minimum atomic E-state index is -4.81. The van der Waals surface area contributed by atoms with Crippen LogP contribution >= 0.6 is 0 Å². The number of nitrogens with one attached hydrogen (secondary N) is 1. The van der Waals surface area contributed by atoms with Crippen LogP contribution in [0.25, 0.3) is 17.1 Å². The monoisotopic (exact) mass is 366 g/mol. The van der Waals surface area contributed by atoms with Gasteiger partial charge in [0.05, 0.1) is 10.6 Å². The number of aromatic amines is 1. The van der Waals surface area contributed by atoms with Gasteiger partial charge in [-0.3, -0.25) is 15.1 Å². The van der Waals surface area contributed by atoms with Gasteiger partial charge in [0.2, 0.25) is 0 Å². The molecule has 0 spiro atoms. The number of non-ortho nitro benzene ring substituents is 1. The molecule has 8 nitrogen and oxygen atoms in total. The fourth-order valence-corrected chi connectivity index (χ4v) is 2.16. The highest BCUT2D eigenvalue weighted by Gasteiger charge is 2.31. The summed E-state index contributed by atoms with van der Waals surface area (Å²) in [4.78, 5) is 24.6. The van der Waals surface area contributed by atoms with Gasteiger partial charge in [0.1, 0.15) is 5.75 Å². The molecule has 0 aliphatic carbocycles. The van der Waals surface area contributed by atoms with Gasteiger partial charge >= 0.3 is 12.1 Å². The van der Waals surface area contributed by atoms with Crippen LogP contribution in [0.15, 0.2) is 53.3 Å². The third kappa shape index (κ3) is 3.71. The first-order chi connectivity index (χ1) is 12.2. The van der Waals surface area contributed by atoms with Gasteiger partial charge in [-0.1, -0.05) is 0 Å². The summed E-state index contributed by atoms with van der Waals surface area (Å²) >= 11 is 0. The first-order valence-corrected chi connectivity index (χ1v) is 7.03. The smallest absolute Gasteiger partial charge is 0.406 e. The van der Waals surface area contributed by atoms with Crippen molar-refractivity contribution in [2.24, 2.45) is 0 Å². The summed E-state index contributed by atoms with van der Waals surface area (Å²) < 4.78 is 41.2. The zero-order chi connectivity index (χ0) is 18.9. The third-order valence-corrected chi connectivity index (χ3v) is 3.28. The molecule has 134 valence electrons. The maximum atomic E-state index is 12.2. The van der Waals surface area contributed by atoms with Crippen LogP contribution in [0.4, 0.5) is 18.9 Å². The third-order valence-electron chi connectivity index (χ3n) is 3.28. The molecule has 0 unspecified atom stereocenters. The summed E-state index contributed by atoms with van der Waals surface area (Å²) in [5, 5.41) is 14.7. The van der Waals surface area contributed by atoms with E-state index in [0.717, 1.165) is 16.8 Å². The molecule has 1 heterocycles. The molecule has 0 aliphatic rings. The van der Waals surface area contributed by atoms with Gasteiger partial charge in [0.25, 0.3) is 5.69 Å². The lowest BCUT2D eigenvalue weighted by Crippen LogP contribution is -2.18. The average Bonchev–Trinajstić information content (AvgIpc) is 2.96. The first-order valence-electron chi connectivity index (χ1n) is 7.03. The van der Waals surface area contributed by atoms with Crippen molar-refractivity contribution < 1.29 is 22.8 Å². The molecular formula is C15H9F3N4O4. The maximum absolute atomic E-state index is 12.2. The van der Waals surface area contributed by atoms with E-state index in [4.69, 9.17) is 0 Å². The number of hydrogen-bond acceptors (Lipinski definition) is 5. The molecular weight excluding hydrogens is 357 g/mol. The Morgan fingerprint density at radius 2 is 1.69 bits per heavy atom. The quantitative estimate of drug-likeness (QED) is 0.565. The number of nitro groups is 1. The van der Waals surface area contributed by atoms with Crippen molar-refractivity contribution in [1.82, 2.24) is 14.8 Å². The second-order valence-electron chi connectivity index (χ2n) is 5.04. The van der Waals surface area contributed by atoms with Gasteiger partial charge in [0, 0.05) is 17.7 Å². The molecule has 26 heavy (non-hydrogen) atoms. The highest BCUT2D eigenvalue weighted by molar-refractivity contribution is 5.57. The predicted octanol–water partition coefficient (Wildman–Crippen LogP) is 3.03. The Bertz CT molecular complexity index is 991. The zero-order valence-electron chi connectivity index (χ0n) is 12.7. The summed E-state index contributed by atoms with van der Waals surface area (Å²) in [7, 11) is 0. The molecule has 0 bridgehead atoms. The molecule has 0 radical (unpaired) electrons. The molecule has 1 N–H and O–H groups in total. The Morgan fingerprint density at radius 3 is 2.23 bits per heavy atom. The lowest BCUT2D eigenvalue weighted by molar-refractivity contribution is -0.384. The largest absolute Gasteiger partial charge is 0.573 e. The van der Waals surface area contributed by atoms with Gasteiger partial charge in [0.15, 0.2) is 5.82 Å². The summed E-state index contributed by atoms with van der Waals surface area (Å²) in [5.41, 5.74) is -0.0870. The highest BCUT2D eigenvalue weighted by Crippen LogP contribution is 2.24. The standard InChI is InChI=1S/C15H9F3N4O4/c16-15(17,18)26-12-7-5-10(6-8-12)21-14(23)19-13(20-21)9-1-3-11(4-2-9)22(24)25/h1-8H,(H,19,20,23). The fourth-order valence-electron chi connectivity index (χ4n) is 2.16. The van der Waals surface area contributed by atoms with E-state index < -0.39 is 22.7 Å². The van der Waals surface area contributed by atoms with Crippen molar-refractivity contribution in [2.75, 3.05) is 0 Å². The van der Waals surface area contributed by atoms with Crippen LogP contribution in [-0.4, -0.2) is 26.1 Å². The molecule has 3 rings (SSSR count). The van der Waals surface area contributed by atoms with E-state index in [1.165, 1.54) is 36.4 Å². The predicted molar refractivity (Wildman–Crippen MR) is 83.0 cm³/mol. The summed E-state index contributed by atoms with van der Waals surface area (Å²) in [6, 6.07) is 9.94. The fraction of sp³-hybridized carbons (Fsp3) is 0.0667. The second kappa shape index (κ2) is 6.35. The highest BCUT2D eigenvalue weighted by atomic mass is 19.4. The van der Waals surface area contributed by atoms with E-state index in [1.807, 2.05) is 0 Å². The van der Waals surface area contributed by atoms with E-state index in [0.29, 0.717) is 5.56 Å². The van der Waals surface area contributed by atoms with Crippen molar-refractivity contribution in [1.29, 1.82) is 0 Å². The summed E-state index contributed by atoms with van der Waals surface area (Å²) in [6.45, 7) is 0. The van der Waals surface area contributed by atoms with Gasteiger partial charge in [-0.15, -0.1) is 18.3 Å². The number of aromatic nitrogens is 3. The molecule has 0 saturated carbocycles. The minimum absolute atomic E-state index is 0.115. The average molecular weight is 366 g/mol. The number of hydrogen-bond donors (Lipinski definition) is 1. The molecule has 0 saturated heterocycles. The van der Waals surface area contributed by atoms with E-state index in [9.17, 15) is 28.1 Å². The lowest BCUT2D eigenvalue weighted by Gasteiger charge is -2.08. The van der Waals surface area contributed by atoms with Gasteiger partial charge < -0.3 is 4.74 Å². The van der Waals surface area contributed by atoms with Crippen molar-refractivity contribution in [3.63, 3.8) is 0 Å². The van der Waals surface area contributed by atoms with Crippen LogP contribution < -0.4 is 10.4 Å². The van der Waals surface area contributed by atoms with E-state index >= 15 is 0 Å². The topological polar surface area (TPSA) is 103 Å². The Balaban J connectivity index is 1.88. The van der Waals surface area contributed by atoms with Crippen LogP contribution in [0, 0.1) is 10.1 Å². The molecule has 0 aliphatic heterocycles. The maximum Gasteiger partial charge on any atom is 0.573 e. The van der Waals surface area contributed by atoms with Crippen LogP contribution in [-0.2, 0) is 0 Å². The second-order valence-corrected chi connectivity index (χ2v) is 5.04. The minimum Gasteiger partial charge on any atom is -0.406 e. The summed E-state index contributed by atoms with van der Waals surface area (Å²) in [6.07, 6.45) is -4.81. The van der Waals surface area contributed by atoms with Crippen molar-refractivity contribution in [3.8, 4) is 22.8 Å². The normalized spacial score (nSPS) is 11.3. The molecule has 3 aromatic rings. The van der Waals surface area contributed by atoms with Crippen LogP contribution in [0.5, 0.6) is 5.75 Å². The lowest BCUT2D eigenvalue weighted by atomic mass is 10.2. The van der Waals surface area contributed by atoms with Crippen molar-refractivity contribution >= 4 is 5.69 Å². The number of nitrogens with zero attached hydrogens (tertiary/aromatic N) is 3. The number of nitro benzene ring substituents is 1. The number of benzene rings is 2. The molecule has 0 atom stereocenters. The Labute approximate surface area is 142 Å². The van der Waals surface area contributed by atoms with E-state index in [2.05, 4.69) is 14.8 Å². The molecule has 1 aromatic heterocycles. The number of ether oxygens (including phenoxy) is 1. The van der Waals surface area contributed by atoms with E-state index in [1.54, 1.807) is 0 Å². The molecule has 11 heteroatoms. The Kier molecular flexibility index (Phi) is 4.20. The molecule has 0 fully saturated rings. The van der Waals surface area contributed by atoms with Gasteiger partial charge in [-0.2, -0.15) is 4.68 Å². The SMILES string of the molecule is O=c1[nH]c(-c2ccc([N+](=O)[O-])cc2)nn1-c1ccc(OC(F)(F)F)cc1. The van der Waals surface area contributed by atoms with Gasteiger partial charge in [-0.05, 0) is 36.4 Å².